The molecule has 8 atom stereocenters. The number of aliphatic hydroxyl groups excluding tert-OH is 1. The van der Waals surface area contributed by atoms with E-state index in [4.69, 9.17) is 22.9 Å². The van der Waals surface area contributed by atoms with Crippen LogP contribution in [0.15, 0.2) is 54.6 Å². The number of benzene rings is 2. The van der Waals surface area contributed by atoms with Gasteiger partial charge in [0.25, 0.3) is 0 Å². The average Bonchev–Trinajstić information content (AvgIpc) is 3.81. The van der Waals surface area contributed by atoms with E-state index in [1.807, 2.05) is 0 Å². The normalized spacial score (nSPS) is 16.0. The van der Waals surface area contributed by atoms with Gasteiger partial charge in [-0.15, -0.1) is 0 Å². The number of amides is 10. The lowest BCUT2D eigenvalue weighted by Gasteiger charge is -2.30. The Morgan fingerprint density at radius 1 is 0.577 bits per heavy atom. The van der Waals surface area contributed by atoms with Gasteiger partial charge in [0.05, 0.1) is 25.5 Å². The van der Waals surface area contributed by atoms with E-state index in [2.05, 4.69) is 31.9 Å². The van der Waals surface area contributed by atoms with Crippen molar-refractivity contribution in [2.45, 2.75) is 113 Å². The largest absolute Gasteiger partial charge is 0.508 e. The lowest BCUT2D eigenvalue weighted by atomic mass is 10.0. The second-order valence-electron chi connectivity index (χ2n) is 16.5. The molecule has 1 aliphatic heterocycles. The van der Waals surface area contributed by atoms with Crippen LogP contribution in [0.2, 0.25) is 0 Å². The van der Waals surface area contributed by atoms with Crippen molar-refractivity contribution in [3.05, 3.63) is 65.7 Å². The quantitative estimate of drug-likeness (QED) is 0.0361. The van der Waals surface area contributed by atoms with Crippen LogP contribution in [-0.4, -0.2) is 158 Å². The second-order valence-corrected chi connectivity index (χ2v) is 16.5. The monoisotopic (exact) mass is 997 g/mol. The number of carbonyl (C=O) groups excluding carboxylic acids is 10. The number of carboxylic acid groups (broad SMARTS) is 2. The van der Waals surface area contributed by atoms with Crippen molar-refractivity contribution in [2.24, 2.45) is 22.9 Å². The van der Waals surface area contributed by atoms with Crippen molar-refractivity contribution < 1.29 is 78.0 Å². The molecule has 27 heteroatoms. The first-order valence-corrected chi connectivity index (χ1v) is 22.1. The summed E-state index contributed by atoms with van der Waals surface area (Å²) in [7, 11) is 0. The molecule has 1 heterocycles. The third-order valence-electron chi connectivity index (χ3n) is 10.9. The Morgan fingerprint density at radius 3 is 1.62 bits per heavy atom. The number of hydrogen-bond acceptors (Lipinski definition) is 15. The first kappa shape index (κ1) is 57.1. The van der Waals surface area contributed by atoms with Crippen LogP contribution in [0.1, 0.15) is 62.5 Å². The smallest absolute Gasteiger partial charge is 0.326 e. The molecule has 2 aromatic carbocycles. The Balaban J connectivity index is 1.82. The van der Waals surface area contributed by atoms with E-state index in [1.54, 1.807) is 30.3 Å². The van der Waals surface area contributed by atoms with Crippen LogP contribution < -0.4 is 54.8 Å². The van der Waals surface area contributed by atoms with Crippen LogP contribution in [0.3, 0.4) is 0 Å². The summed E-state index contributed by atoms with van der Waals surface area (Å²) in [5, 5.41) is 52.9. The van der Waals surface area contributed by atoms with Gasteiger partial charge in [-0.3, -0.25) is 52.7 Å². The molecule has 10 amide bonds. The number of rotatable bonds is 29. The number of aliphatic hydroxyl groups is 1. The molecule has 0 aromatic heterocycles. The Hall–Kier alpha value is -8.20. The summed E-state index contributed by atoms with van der Waals surface area (Å²) >= 11 is 0. The first-order valence-electron chi connectivity index (χ1n) is 22.1. The zero-order valence-electron chi connectivity index (χ0n) is 38.2. The zero-order chi connectivity index (χ0) is 52.9. The number of primary amides is 3. The molecule has 0 radical (unpaired) electrons. The Kier molecular flexibility index (Phi) is 22.3. The molecule has 3 rings (SSSR count). The van der Waals surface area contributed by atoms with Gasteiger partial charge >= 0.3 is 11.9 Å². The first-order chi connectivity index (χ1) is 33.5. The number of phenolic OH excluding ortho intramolecular Hbond substituents is 1. The summed E-state index contributed by atoms with van der Waals surface area (Å²) in [5.41, 5.74) is 22.5. The Morgan fingerprint density at radius 2 is 1.07 bits per heavy atom. The molecule has 0 aliphatic carbocycles. The van der Waals surface area contributed by atoms with Crippen molar-refractivity contribution in [2.75, 3.05) is 13.2 Å². The molecule has 18 N–H and O–H groups in total. The molecule has 27 nitrogen and oxygen atoms in total. The van der Waals surface area contributed by atoms with Crippen molar-refractivity contribution >= 4 is 71.0 Å². The lowest BCUT2D eigenvalue weighted by Crippen LogP contribution is -2.61. The summed E-state index contributed by atoms with van der Waals surface area (Å²) in [6.45, 7) is -1.18. The van der Waals surface area contributed by atoms with Gasteiger partial charge in [-0.2, -0.15) is 0 Å². The van der Waals surface area contributed by atoms with Gasteiger partial charge < -0.3 is 80.2 Å². The second kappa shape index (κ2) is 27.7. The van der Waals surface area contributed by atoms with E-state index < -0.39 is 145 Å². The highest BCUT2D eigenvalue weighted by Crippen LogP contribution is 2.20. The number of aliphatic carboxylic acids is 2. The molecular weight excluding hydrogens is 939 g/mol. The number of likely N-dealkylation sites (tertiary alicyclic amines) is 1. The predicted octanol–water partition coefficient (Wildman–Crippen LogP) is -5.64. The molecule has 0 unspecified atom stereocenters. The van der Waals surface area contributed by atoms with E-state index in [0.29, 0.717) is 11.1 Å². The number of nitrogens with zero attached hydrogens (tertiary/aromatic N) is 1. The maximum Gasteiger partial charge on any atom is 0.326 e. The summed E-state index contributed by atoms with van der Waals surface area (Å²) in [5.74, 6) is -13.7. The van der Waals surface area contributed by atoms with E-state index in [-0.39, 0.29) is 57.2 Å². The van der Waals surface area contributed by atoms with Crippen LogP contribution in [-0.2, 0) is 70.4 Å². The summed E-state index contributed by atoms with van der Waals surface area (Å²) in [6.07, 6.45) is -3.61. The van der Waals surface area contributed by atoms with Crippen LogP contribution in [0.4, 0.5) is 0 Å². The Bertz CT molecular complexity index is 2280. The molecule has 1 saturated heterocycles. The van der Waals surface area contributed by atoms with Crippen molar-refractivity contribution in [1.29, 1.82) is 0 Å². The van der Waals surface area contributed by atoms with Crippen LogP contribution in [0.25, 0.3) is 0 Å². The van der Waals surface area contributed by atoms with Crippen LogP contribution in [0.5, 0.6) is 5.75 Å². The summed E-state index contributed by atoms with van der Waals surface area (Å²) < 4.78 is 0. The lowest BCUT2D eigenvalue weighted by molar-refractivity contribution is -0.145. The Labute approximate surface area is 405 Å². The molecule has 2 aromatic rings. The third kappa shape index (κ3) is 19.0. The van der Waals surface area contributed by atoms with Gasteiger partial charge in [-0.05, 0) is 48.9 Å². The highest BCUT2D eigenvalue weighted by Gasteiger charge is 2.40. The SMILES string of the molecule is NC(=O)CC[C@H](NC(=O)[C@@H](N)CCC(N)=O)C(=O)N[C@@H](Cc1ccccc1)C(=O)N[C@@H](CC(N)=O)C(=O)N[C@@H](CC(=O)O)C(=O)N[C@@H](CO)C(=O)N1CCC[C@H]1C(=O)N[C@@H](Cc1ccc(O)cc1)C(=O)O. The fourth-order valence-electron chi connectivity index (χ4n) is 7.23. The third-order valence-corrected chi connectivity index (χ3v) is 10.9. The number of nitrogens with one attached hydrogen (secondary N) is 6. The average molecular weight is 998 g/mol. The molecule has 386 valence electrons. The number of hydrogen-bond donors (Lipinski definition) is 14. The fourth-order valence-corrected chi connectivity index (χ4v) is 7.23. The molecule has 1 aliphatic rings. The maximum absolute atomic E-state index is 14.0. The van der Waals surface area contributed by atoms with Gasteiger partial charge in [0.1, 0.15) is 48.0 Å². The van der Waals surface area contributed by atoms with Crippen LogP contribution >= 0.6 is 0 Å². The number of carbonyl (C=O) groups is 12. The van der Waals surface area contributed by atoms with E-state index in [9.17, 15) is 78.0 Å². The minimum atomic E-state index is -2.06. The van der Waals surface area contributed by atoms with E-state index in [1.165, 1.54) is 24.3 Å². The van der Waals surface area contributed by atoms with Gasteiger partial charge in [0, 0.05) is 32.2 Å². The number of carboxylic acids is 2. The van der Waals surface area contributed by atoms with E-state index >= 15 is 0 Å². The van der Waals surface area contributed by atoms with Gasteiger partial charge in [0.2, 0.25) is 59.1 Å². The standard InChI is InChI=1S/C44H59N11O16/c45-25(12-14-33(46)58)37(63)49-26(13-15-34(47)59)38(64)50-27(17-22-5-2-1-3-6-22)39(65)51-28(19-35(48)60)40(66)52-29(20-36(61)62)41(67)54-31(21-56)43(69)55-16-4-7-32(55)42(68)53-30(44(70)71)18-23-8-10-24(57)11-9-23/h1-3,5-6,8-11,25-32,56-57H,4,7,12-21,45H2,(H2,46,58)(H2,47,59)(H2,48,60)(H,49,63)(H,50,64)(H,51,65)(H,52,66)(H,53,68)(H,54,67)(H,61,62)(H,70,71)/t25-,26-,27-,28-,29-,30-,31-,32-/m0/s1. The van der Waals surface area contributed by atoms with Crippen LogP contribution in [0, 0.1) is 0 Å². The summed E-state index contributed by atoms with van der Waals surface area (Å²) in [4.78, 5) is 155. The molecular formula is C44H59N11O16. The van der Waals surface area contributed by atoms with Crippen molar-refractivity contribution in [3.63, 3.8) is 0 Å². The van der Waals surface area contributed by atoms with Crippen molar-refractivity contribution in [1.82, 2.24) is 36.8 Å². The van der Waals surface area contributed by atoms with Gasteiger partial charge in [-0.25, -0.2) is 4.79 Å². The molecule has 0 spiro atoms. The topological polar surface area (TPSA) is 465 Å². The molecule has 1 fully saturated rings. The maximum atomic E-state index is 14.0. The zero-order valence-corrected chi connectivity index (χ0v) is 38.2. The van der Waals surface area contributed by atoms with Crippen molar-refractivity contribution in [3.8, 4) is 5.75 Å². The minimum absolute atomic E-state index is 0.0522. The van der Waals surface area contributed by atoms with Gasteiger partial charge in [0.15, 0.2) is 0 Å². The van der Waals surface area contributed by atoms with E-state index in [0.717, 1.165) is 4.90 Å². The number of phenols is 1. The number of nitrogens with two attached hydrogens (primary N) is 4. The fraction of sp³-hybridized carbons (Fsp3) is 0.455. The van der Waals surface area contributed by atoms with Gasteiger partial charge in [-0.1, -0.05) is 42.5 Å². The molecule has 0 bridgehead atoms. The summed E-state index contributed by atoms with van der Waals surface area (Å²) in [6, 6.07) is 0.432. The molecule has 71 heavy (non-hydrogen) atoms. The highest BCUT2D eigenvalue weighted by atomic mass is 16.4. The number of aromatic hydroxyl groups is 1. The highest BCUT2D eigenvalue weighted by molar-refractivity contribution is 6.00. The minimum Gasteiger partial charge on any atom is -0.508 e. The predicted molar refractivity (Wildman–Crippen MR) is 244 cm³/mol. The molecule has 0 saturated carbocycles.